The van der Waals surface area contributed by atoms with Crippen molar-refractivity contribution in [1.29, 1.82) is 0 Å². The third-order valence-electron chi connectivity index (χ3n) is 2.60. The monoisotopic (exact) mass is 274 g/mol. The summed E-state index contributed by atoms with van der Waals surface area (Å²) in [6, 6.07) is 4.93. The molecule has 3 nitrogen and oxygen atoms in total. The second-order valence-corrected chi connectivity index (χ2v) is 4.22. The SMILES string of the molecule is NCCCCC(=O)NCc1cccc(C(F)(F)F)c1. The summed E-state index contributed by atoms with van der Waals surface area (Å²) >= 11 is 0. The quantitative estimate of drug-likeness (QED) is 0.783. The molecule has 0 fully saturated rings. The summed E-state index contributed by atoms with van der Waals surface area (Å²) < 4.78 is 37.4. The Labute approximate surface area is 110 Å². The molecule has 0 atom stereocenters. The van der Waals surface area contributed by atoms with Crippen LogP contribution in [0.1, 0.15) is 30.4 Å². The molecule has 6 heteroatoms. The maximum Gasteiger partial charge on any atom is 0.416 e. The normalized spacial score (nSPS) is 11.4. The Morgan fingerprint density at radius 1 is 1.26 bits per heavy atom. The number of halogens is 3. The zero-order valence-electron chi connectivity index (χ0n) is 10.5. The largest absolute Gasteiger partial charge is 0.416 e. The molecular formula is C13H17F3N2O. The molecule has 1 aromatic rings. The first-order valence-electron chi connectivity index (χ1n) is 6.06. The molecule has 0 saturated carbocycles. The molecule has 0 aliphatic heterocycles. The van der Waals surface area contributed by atoms with Crippen molar-refractivity contribution >= 4 is 5.91 Å². The highest BCUT2D eigenvalue weighted by Gasteiger charge is 2.30. The van der Waals surface area contributed by atoms with Crippen molar-refractivity contribution in [3.63, 3.8) is 0 Å². The molecule has 0 bridgehead atoms. The lowest BCUT2D eigenvalue weighted by Gasteiger charge is -2.09. The van der Waals surface area contributed by atoms with Crippen molar-refractivity contribution in [1.82, 2.24) is 5.32 Å². The lowest BCUT2D eigenvalue weighted by atomic mass is 10.1. The van der Waals surface area contributed by atoms with Crippen LogP contribution in [0.5, 0.6) is 0 Å². The number of rotatable bonds is 6. The van der Waals surface area contributed by atoms with Gasteiger partial charge in [0.1, 0.15) is 0 Å². The van der Waals surface area contributed by atoms with Crippen molar-refractivity contribution in [2.45, 2.75) is 32.0 Å². The van der Waals surface area contributed by atoms with Crippen LogP contribution in [0.3, 0.4) is 0 Å². The number of carbonyl (C=O) groups excluding carboxylic acids is 1. The van der Waals surface area contributed by atoms with Gasteiger partial charge >= 0.3 is 6.18 Å². The number of amides is 1. The molecule has 3 N–H and O–H groups in total. The number of hydrogen-bond acceptors (Lipinski definition) is 2. The summed E-state index contributed by atoms with van der Waals surface area (Å²) in [5.41, 5.74) is 5.03. The Hall–Kier alpha value is -1.56. The standard InChI is InChI=1S/C13H17F3N2O/c14-13(15,16)11-5-3-4-10(8-11)9-18-12(19)6-1-2-7-17/h3-5,8H,1-2,6-7,9,17H2,(H,18,19). The first-order valence-corrected chi connectivity index (χ1v) is 6.06. The predicted molar refractivity (Wildman–Crippen MR) is 66.2 cm³/mol. The van der Waals surface area contributed by atoms with E-state index in [4.69, 9.17) is 5.73 Å². The van der Waals surface area contributed by atoms with Crippen molar-refractivity contribution in [2.24, 2.45) is 5.73 Å². The highest BCUT2D eigenvalue weighted by atomic mass is 19.4. The maximum absolute atomic E-state index is 12.5. The Kier molecular flexibility index (Phi) is 5.82. The molecule has 1 rings (SSSR count). The molecule has 0 aliphatic carbocycles. The molecule has 19 heavy (non-hydrogen) atoms. The summed E-state index contributed by atoms with van der Waals surface area (Å²) in [5.74, 6) is -0.175. The first kappa shape index (κ1) is 15.5. The minimum Gasteiger partial charge on any atom is -0.352 e. The van der Waals surface area contributed by atoms with Gasteiger partial charge in [0.05, 0.1) is 5.56 Å². The highest BCUT2D eigenvalue weighted by Crippen LogP contribution is 2.29. The third kappa shape index (κ3) is 5.74. The molecule has 106 valence electrons. The van der Waals surface area contributed by atoms with E-state index in [9.17, 15) is 18.0 Å². The van der Waals surface area contributed by atoms with Gasteiger partial charge in [0.25, 0.3) is 0 Å². The average molecular weight is 274 g/mol. The number of alkyl halides is 3. The average Bonchev–Trinajstić information content (AvgIpc) is 2.36. The van der Waals surface area contributed by atoms with Crippen molar-refractivity contribution < 1.29 is 18.0 Å². The summed E-state index contributed by atoms with van der Waals surface area (Å²) in [6.07, 6.45) is -2.57. The van der Waals surface area contributed by atoms with Crippen molar-refractivity contribution in [2.75, 3.05) is 6.54 Å². The van der Waals surface area contributed by atoms with E-state index in [1.54, 1.807) is 6.07 Å². The lowest BCUT2D eigenvalue weighted by Crippen LogP contribution is -2.22. The van der Waals surface area contributed by atoms with Crippen LogP contribution >= 0.6 is 0 Å². The van der Waals surface area contributed by atoms with Crippen LogP contribution in [0.4, 0.5) is 13.2 Å². The minimum atomic E-state index is -4.36. The molecular weight excluding hydrogens is 257 g/mol. The van der Waals surface area contributed by atoms with Gasteiger partial charge in [-0.2, -0.15) is 13.2 Å². The Morgan fingerprint density at radius 3 is 2.63 bits per heavy atom. The molecule has 0 aromatic heterocycles. The van der Waals surface area contributed by atoms with E-state index >= 15 is 0 Å². The zero-order chi connectivity index (χ0) is 14.3. The number of hydrogen-bond donors (Lipinski definition) is 2. The van der Waals surface area contributed by atoms with Crippen LogP contribution in [0.25, 0.3) is 0 Å². The van der Waals surface area contributed by atoms with Crippen molar-refractivity contribution in [3.05, 3.63) is 35.4 Å². The minimum absolute atomic E-state index is 0.103. The molecule has 0 radical (unpaired) electrons. The Balaban J connectivity index is 2.47. The van der Waals surface area contributed by atoms with Crippen LogP contribution in [0.15, 0.2) is 24.3 Å². The fourth-order valence-corrected chi connectivity index (χ4v) is 1.58. The molecule has 0 heterocycles. The summed E-state index contributed by atoms with van der Waals surface area (Å²) in [7, 11) is 0. The van der Waals surface area contributed by atoms with Crippen LogP contribution in [0.2, 0.25) is 0 Å². The van der Waals surface area contributed by atoms with Gasteiger partial charge < -0.3 is 11.1 Å². The number of unbranched alkanes of at least 4 members (excludes halogenated alkanes) is 1. The molecule has 1 amide bonds. The van der Waals surface area contributed by atoms with Gasteiger partial charge in [-0.25, -0.2) is 0 Å². The van der Waals surface area contributed by atoms with Crippen LogP contribution < -0.4 is 11.1 Å². The first-order chi connectivity index (χ1) is 8.93. The van der Waals surface area contributed by atoms with E-state index in [-0.39, 0.29) is 12.5 Å². The molecule has 0 aliphatic rings. The third-order valence-corrected chi connectivity index (χ3v) is 2.60. The van der Waals surface area contributed by atoms with E-state index in [0.717, 1.165) is 18.6 Å². The van der Waals surface area contributed by atoms with E-state index in [0.29, 0.717) is 24.9 Å². The highest BCUT2D eigenvalue weighted by molar-refractivity contribution is 5.75. The number of nitrogens with two attached hydrogens (primary N) is 1. The van der Waals surface area contributed by atoms with Crippen LogP contribution in [0, 0.1) is 0 Å². The van der Waals surface area contributed by atoms with Gasteiger partial charge in [-0.15, -0.1) is 0 Å². The summed E-state index contributed by atoms with van der Waals surface area (Å²) in [5, 5.41) is 2.59. The predicted octanol–water partition coefficient (Wildman–Crippen LogP) is 2.45. The fourth-order valence-electron chi connectivity index (χ4n) is 1.58. The van der Waals surface area contributed by atoms with Crippen molar-refractivity contribution in [3.8, 4) is 0 Å². The van der Waals surface area contributed by atoms with E-state index < -0.39 is 11.7 Å². The van der Waals surface area contributed by atoms with Gasteiger partial charge in [-0.05, 0) is 37.1 Å². The van der Waals surface area contributed by atoms with E-state index in [2.05, 4.69) is 5.32 Å². The smallest absolute Gasteiger partial charge is 0.352 e. The Bertz CT molecular complexity index is 419. The van der Waals surface area contributed by atoms with Gasteiger partial charge in [-0.1, -0.05) is 12.1 Å². The summed E-state index contributed by atoms with van der Waals surface area (Å²) in [4.78, 5) is 11.4. The zero-order valence-corrected chi connectivity index (χ0v) is 10.5. The summed E-state index contributed by atoms with van der Waals surface area (Å²) in [6.45, 7) is 0.631. The van der Waals surface area contributed by atoms with Gasteiger partial charge in [0, 0.05) is 13.0 Å². The van der Waals surface area contributed by atoms with Gasteiger partial charge in [0.15, 0.2) is 0 Å². The number of nitrogens with one attached hydrogen (secondary N) is 1. The van der Waals surface area contributed by atoms with E-state index in [1.165, 1.54) is 6.07 Å². The number of carbonyl (C=O) groups is 1. The maximum atomic E-state index is 12.5. The lowest BCUT2D eigenvalue weighted by molar-refractivity contribution is -0.137. The second kappa shape index (κ2) is 7.13. The Morgan fingerprint density at radius 2 is 2.00 bits per heavy atom. The van der Waals surface area contributed by atoms with Crippen LogP contribution in [-0.4, -0.2) is 12.5 Å². The molecule has 0 spiro atoms. The van der Waals surface area contributed by atoms with Gasteiger partial charge in [-0.3, -0.25) is 4.79 Å². The van der Waals surface area contributed by atoms with E-state index in [1.807, 2.05) is 0 Å². The number of benzene rings is 1. The van der Waals surface area contributed by atoms with Gasteiger partial charge in [0.2, 0.25) is 5.91 Å². The topological polar surface area (TPSA) is 55.1 Å². The molecule has 0 saturated heterocycles. The molecule has 1 aromatic carbocycles. The fraction of sp³-hybridized carbons (Fsp3) is 0.462. The molecule has 0 unspecified atom stereocenters. The second-order valence-electron chi connectivity index (χ2n) is 4.22. The van der Waals surface area contributed by atoms with Crippen LogP contribution in [-0.2, 0) is 17.5 Å².